The van der Waals surface area contributed by atoms with Crippen LogP contribution in [-0.2, 0) is 4.79 Å². The first-order chi connectivity index (χ1) is 7.00. The van der Waals surface area contributed by atoms with Gasteiger partial charge in [0.15, 0.2) is 0 Å². The first kappa shape index (κ1) is 10.6. The minimum atomic E-state index is -3.71. The predicted octanol–water partition coefficient (Wildman–Crippen LogP) is 3.19. The fourth-order valence-electron chi connectivity index (χ4n) is 1.76. The number of carbonyl (C=O) groups excluding carboxylic acids is 1. The van der Waals surface area contributed by atoms with Gasteiger partial charge in [-0.05, 0) is 29.5 Å². The predicted molar refractivity (Wildman–Crippen MR) is 53.1 cm³/mol. The van der Waals surface area contributed by atoms with Crippen LogP contribution in [0.1, 0.15) is 17.9 Å². The summed E-state index contributed by atoms with van der Waals surface area (Å²) in [6, 6.07) is 9.18. The van der Waals surface area contributed by atoms with Crippen LogP contribution < -0.4 is 0 Å². The Balaban J connectivity index is 2.06. The lowest BCUT2D eigenvalue weighted by Gasteiger charge is -2.05. The Morgan fingerprint density at radius 2 is 1.93 bits per heavy atom. The van der Waals surface area contributed by atoms with Gasteiger partial charge in [0.05, 0.1) is 0 Å². The van der Waals surface area contributed by atoms with Gasteiger partial charge in [0.25, 0.3) is 0 Å². The van der Waals surface area contributed by atoms with Gasteiger partial charge >= 0.3 is 5.38 Å². The maximum atomic E-state index is 12.5. The second-order valence-corrected chi connectivity index (χ2v) is 4.20. The van der Waals surface area contributed by atoms with Gasteiger partial charge in [0, 0.05) is 5.92 Å². The molecule has 2 unspecified atom stereocenters. The zero-order chi connectivity index (χ0) is 11.1. The lowest BCUT2D eigenvalue weighted by atomic mass is 10.1. The number of alkyl halides is 3. The van der Waals surface area contributed by atoms with Gasteiger partial charge in [0.2, 0.25) is 5.78 Å². The van der Waals surface area contributed by atoms with Crippen LogP contribution in [0.4, 0.5) is 8.78 Å². The summed E-state index contributed by atoms with van der Waals surface area (Å²) in [6.45, 7) is 0. The van der Waals surface area contributed by atoms with E-state index in [-0.39, 0.29) is 5.92 Å². The van der Waals surface area contributed by atoms with Crippen LogP contribution in [-0.4, -0.2) is 11.2 Å². The molecule has 0 heterocycles. The van der Waals surface area contributed by atoms with Crippen LogP contribution in [0, 0.1) is 5.92 Å². The number of benzene rings is 1. The van der Waals surface area contributed by atoms with E-state index in [1.807, 2.05) is 30.3 Å². The number of Topliss-reactive ketones (excluding diaryl/α,β-unsaturated/α-hetero) is 1. The van der Waals surface area contributed by atoms with Gasteiger partial charge < -0.3 is 0 Å². The van der Waals surface area contributed by atoms with E-state index in [0.717, 1.165) is 5.56 Å². The highest BCUT2D eigenvalue weighted by atomic mass is 35.5. The monoisotopic (exact) mass is 230 g/mol. The van der Waals surface area contributed by atoms with E-state index in [1.165, 1.54) is 0 Å². The third kappa shape index (κ3) is 2.17. The highest BCUT2D eigenvalue weighted by Gasteiger charge is 2.52. The molecule has 0 N–H and O–H groups in total. The van der Waals surface area contributed by atoms with Crippen molar-refractivity contribution in [3.8, 4) is 0 Å². The Kier molecular flexibility index (Phi) is 2.51. The number of halogens is 3. The number of hydrogen-bond acceptors (Lipinski definition) is 1. The molecule has 1 aromatic carbocycles. The average molecular weight is 231 g/mol. The van der Waals surface area contributed by atoms with Crippen LogP contribution >= 0.6 is 11.6 Å². The van der Waals surface area contributed by atoms with E-state index >= 15 is 0 Å². The Hall–Kier alpha value is -0.960. The van der Waals surface area contributed by atoms with Crippen LogP contribution in [0.2, 0.25) is 0 Å². The molecule has 0 saturated heterocycles. The van der Waals surface area contributed by atoms with Crippen LogP contribution in [0.15, 0.2) is 30.3 Å². The third-order valence-electron chi connectivity index (χ3n) is 2.63. The minimum absolute atomic E-state index is 0.0803. The zero-order valence-electron chi connectivity index (χ0n) is 7.79. The summed E-state index contributed by atoms with van der Waals surface area (Å²) >= 11 is 4.69. The molecule has 0 spiro atoms. The Morgan fingerprint density at radius 3 is 2.47 bits per heavy atom. The summed E-state index contributed by atoms with van der Waals surface area (Å²) < 4.78 is 25.0. The summed E-state index contributed by atoms with van der Waals surface area (Å²) in [6.07, 6.45) is 0.477. The molecular weight excluding hydrogens is 222 g/mol. The standard InChI is InChI=1S/C11H9ClF2O/c12-11(13,14)10(15)9-6-8(9)7-4-2-1-3-5-7/h1-5,8-9H,6H2. The number of hydrogen-bond donors (Lipinski definition) is 0. The van der Waals surface area contributed by atoms with Gasteiger partial charge in [-0.1, -0.05) is 30.3 Å². The molecule has 1 fully saturated rings. The summed E-state index contributed by atoms with van der Waals surface area (Å²) in [7, 11) is 0. The average Bonchev–Trinajstić information content (AvgIpc) is 2.96. The first-order valence-electron chi connectivity index (χ1n) is 4.66. The zero-order valence-corrected chi connectivity index (χ0v) is 8.55. The fraction of sp³-hybridized carbons (Fsp3) is 0.364. The van der Waals surface area contributed by atoms with Crippen molar-refractivity contribution >= 4 is 17.4 Å². The SMILES string of the molecule is O=C(C1CC1c1ccccc1)C(F)(F)Cl. The molecule has 1 aromatic rings. The molecule has 2 atom stereocenters. The number of rotatable bonds is 3. The number of ketones is 1. The molecular formula is C11H9ClF2O. The topological polar surface area (TPSA) is 17.1 Å². The van der Waals surface area contributed by atoms with Crippen LogP contribution in [0.25, 0.3) is 0 Å². The smallest absolute Gasteiger partial charge is 0.291 e. The molecule has 1 nitrogen and oxygen atoms in total. The third-order valence-corrected chi connectivity index (χ3v) is 2.82. The second-order valence-electron chi connectivity index (χ2n) is 3.72. The van der Waals surface area contributed by atoms with Gasteiger partial charge in [-0.25, -0.2) is 0 Å². The van der Waals surface area contributed by atoms with Crippen LogP contribution in [0.5, 0.6) is 0 Å². The van der Waals surface area contributed by atoms with Crippen molar-refractivity contribution in [2.75, 3.05) is 0 Å². The molecule has 0 bridgehead atoms. The normalized spacial score (nSPS) is 25.0. The molecule has 1 aliphatic rings. The summed E-state index contributed by atoms with van der Waals surface area (Å²) in [5, 5.41) is -3.71. The number of carbonyl (C=O) groups is 1. The van der Waals surface area contributed by atoms with Crippen molar-refractivity contribution < 1.29 is 13.6 Å². The molecule has 4 heteroatoms. The Bertz CT molecular complexity index is 372. The van der Waals surface area contributed by atoms with E-state index in [2.05, 4.69) is 11.6 Å². The van der Waals surface area contributed by atoms with Crippen molar-refractivity contribution in [2.24, 2.45) is 5.92 Å². The maximum Gasteiger partial charge on any atom is 0.380 e. The van der Waals surface area contributed by atoms with Gasteiger partial charge in [-0.3, -0.25) is 4.79 Å². The highest BCUT2D eigenvalue weighted by Crippen LogP contribution is 2.50. The van der Waals surface area contributed by atoms with Crippen molar-refractivity contribution in [2.45, 2.75) is 17.7 Å². The van der Waals surface area contributed by atoms with Crippen LogP contribution in [0.3, 0.4) is 0 Å². The minimum Gasteiger partial charge on any atom is -0.291 e. The summed E-state index contributed by atoms with van der Waals surface area (Å²) in [5.41, 5.74) is 0.928. The summed E-state index contributed by atoms with van der Waals surface area (Å²) in [5.74, 6) is -1.85. The van der Waals surface area contributed by atoms with E-state index in [9.17, 15) is 13.6 Å². The van der Waals surface area contributed by atoms with E-state index in [4.69, 9.17) is 0 Å². The second kappa shape index (κ2) is 3.56. The maximum absolute atomic E-state index is 12.5. The quantitative estimate of drug-likeness (QED) is 0.729. The van der Waals surface area contributed by atoms with Crippen molar-refractivity contribution in [3.63, 3.8) is 0 Å². The molecule has 0 aromatic heterocycles. The van der Waals surface area contributed by atoms with Gasteiger partial charge in [-0.15, -0.1) is 0 Å². The van der Waals surface area contributed by atoms with E-state index in [0.29, 0.717) is 6.42 Å². The van der Waals surface area contributed by atoms with E-state index < -0.39 is 17.1 Å². The first-order valence-corrected chi connectivity index (χ1v) is 5.04. The van der Waals surface area contributed by atoms with Crippen molar-refractivity contribution in [3.05, 3.63) is 35.9 Å². The Morgan fingerprint density at radius 1 is 1.33 bits per heavy atom. The molecule has 80 valence electrons. The van der Waals surface area contributed by atoms with E-state index in [1.54, 1.807) is 0 Å². The van der Waals surface area contributed by atoms with Gasteiger partial charge in [-0.2, -0.15) is 8.78 Å². The highest BCUT2D eigenvalue weighted by molar-refractivity contribution is 6.33. The molecule has 0 aliphatic heterocycles. The largest absolute Gasteiger partial charge is 0.380 e. The molecule has 1 aliphatic carbocycles. The molecule has 2 rings (SSSR count). The molecule has 0 amide bonds. The van der Waals surface area contributed by atoms with Crippen molar-refractivity contribution in [1.82, 2.24) is 0 Å². The van der Waals surface area contributed by atoms with Crippen molar-refractivity contribution in [1.29, 1.82) is 0 Å². The molecule has 0 radical (unpaired) electrons. The molecule has 15 heavy (non-hydrogen) atoms. The summed E-state index contributed by atoms with van der Waals surface area (Å²) in [4.78, 5) is 11.1. The lowest BCUT2D eigenvalue weighted by molar-refractivity contribution is -0.134. The molecule has 1 saturated carbocycles. The Labute approximate surface area is 91.0 Å². The van der Waals surface area contributed by atoms with Gasteiger partial charge in [0.1, 0.15) is 0 Å². The lowest BCUT2D eigenvalue weighted by Crippen LogP contribution is -2.23. The fourth-order valence-corrected chi connectivity index (χ4v) is 1.90.